The van der Waals surface area contributed by atoms with E-state index in [0.29, 0.717) is 9.61 Å². The number of alkyl halides is 1. The SMILES string of the molecule is O=c1[nH]cnc(N(CCBr)C2CC2)c1I. The van der Waals surface area contributed by atoms with Crippen LogP contribution in [0.25, 0.3) is 0 Å². The zero-order valence-electron chi connectivity index (χ0n) is 8.04. The van der Waals surface area contributed by atoms with Gasteiger partial charge in [0.2, 0.25) is 0 Å². The molecule has 6 heteroatoms. The number of nitrogens with one attached hydrogen (secondary N) is 1. The third-order valence-electron chi connectivity index (χ3n) is 2.36. The van der Waals surface area contributed by atoms with E-state index in [0.717, 1.165) is 17.7 Å². The topological polar surface area (TPSA) is 49.0 Å². The maximum Gasteiger partial charge on any atom is 0.266 e. The number of rotatable bonds is 4. The number of hydrogen-bond donors (Lipinski definition) is 1. The second kappa shape index (κ2) is 4.82. The number of aromatic amines is 1. The Hall–Kier alpha value is -0.110. The van der Waals surface area contributed by atoms with Crippen molar-refractivity contribution in [3.05, 3.63) is 20.3 Å². The van der Waals surface area contributed by atoms with Gasteiger partial charge in [-0.25, -0.2) is 4.98 Å². The van der Waals surface area contributed by atoms with Gasteiger partial charge >= 0.3 is 0 Å². The molecule has 0 bridgehead atoms. The number of halogens is 2. The van der Waals surface area contributed by atoms with Crippen molar-refractivity contribution < 1.29 is 0 Å². The van der Waals surface area contributed by atoms with Gasteiger partial charge in [0.1, 0.15) is 9.39 Å². The van der Waals surface area contributed by atoms with Crippen molar-refractivity contribution in [2.24, 2.45) is 0 Å². The highest BCUT2D eigenvalue weighted by molar-refractivity contribution is 14.1. The first kappa shape index (κ1) is 11.4. The summed E-state index contributed by atoms with van der Waals surface area (Å²) < 4.78 is 0.683. The van der Waals surface area contributed by atoms with Crippen molar-refractivity contribution in [1.82, 2.24) is 9.97 Å². The summed E-state index contributed by atoms with van der Waals surface area (Å²) in [6.45, 7) is 0.900. The maximum atomic E-state index is 11.5. The highest BCUT2D eigenvalue weighted by atomic mass is 127. The minimum Gasteiger partial charge on any atom is -0.352 e. The van der Waals surface area contributed by atoms with E-state index in [1.807, 2.05) is 0 Å². The quantitative estimate of drug-likeness (QED) is 0.636. The summed E-state index contributed by atoms with van der Waals surface area (Å²) in [6.07, 6.45) is 3.89. The fourth-order valence-corrected chi connectivity index (χ4v) is 2.50. The predicted molar refractivity (Wildman–Crippen MR) is 71.7 cm³/mol. The monoisotopic (exact) mass is 383 g/mol. The van der Waals surface area contributed by atoms with E-state index < -0.39 is 0 Å². The Balaban J connectivity index is 2.32. The summed E-state index contributed by atoms with van der Waals surface area (Å²) >= 11 is 5.49. The summed E-state index contributed by atoms with van der Waals surface area (Å²) in [6, 6.07) is 0.574. The Kier molecular flexibility index (Phi) is 3.65. The van der Waals surface area contributed by atoms with Crippen LogP contribution in [0.5, 0.6) is 0 Å². The second-order valence-corrected chi connectivity index (χ2v) is 5.35. The lowest BCUT2D eigenvalue weighted by Gasteiger charge is -2.22. The largest absolute Gasteiger partial charge is 0.352 e. The molecule has 2 rings (SSSR count). The van der Waals surface area contributed by atoms with Crippen LogP contribution in [0.4, 0.5) is 5.82 Å². The van der Waals surface area contributed by atoms with E-state index in [1.54, 1.807) is 0 Å². The fraction of sp³-hybridized carbons (Fsp3) is 0.556. The molecule has 0 aliphatic heterocycles. The molecular weight excluding hydrogens is 373 g/mol. The molecule has 0 unspecified atom stereocenters. The van der Waals surface area contributed by atoms with Crippen molar-refractivity contribution in [2.75, 3.05) is 16.8 Å². The molecule has 1 N–H and O–H groups in total. The molecule has 15 heavy (non-hydrogen) atoms. The normalized spacial score (nSPS) is 15.3. The molecule has 1 saturated carbocycles. The molecule has 0 amide bonds. The highest BCUT2D eigenvalue weighted by Crippen LogP contribution is 2.31. The van der Waals surface area contributed by atoms with E-state index in [9.17, 15) is 4.79 Å². The van der Waals surface area contributed by atoms with Crippen LogP contribution in [0.1, 0.15) is 12.8 Å². The fourth-order valence-electron chi connectivity index (χ4n) is 1.51. The Morgan fingerprint density at radius 1 is 1.67 bits per heavy atom. The number of nitrogens with zero attached hydrogens (tertiary/aromatic N) is 2. The van der Waals surface area contributed by atoms with Crippen molar-refractivity contribution in [2.45, 2.75) is 18.9 Å². The Bertz CT molecular complexity index is 405. The first-order valence-corrected chi connectivity index (χ1v) is 7.00. The molecule has 1 aliphatic rings. The third kappa shape index (κ3) is 2.52. The molecule has 0 atom stereocenters. The van der Waals surface area contributed by atoms with Gasteiger partial charge in [0.15, 0.2) is 0 Å². The van der Waals surface area contributed by atoms with Gasteiger partial charge in [-0.1, -0.05) is 15.9 Å². The number of H-pyrrole nitrogens is 1. The summed E-state index contributed by atoms with van der Waals surface area (Å²) in [5, 5.41) is 0.897. The molecule has 4 nitrogen and oxygen atoms in total. The van der Waals surface area contributed by atoms with Gasteiger partial charge in [-0.05, 0) is 35.4 Å². The van der Waals surface area contributed by atoms with Crippen LogP contribution in [0.3, 0.4) is 0 Å². The van der Waals surface area contributed by atoms with Gasteiger partial charge in [0.05, 0.1) is 6.33 Å². The molecular formula is C9H11BrIN3O. The molecule has 0 aromatic carbocycles. The lowest BCUT2D eigenvalue weighted by molar-refractivity contribution is 0.805. The van der Waals surface area contributed by atoms with Crippen molar-refractivity contribution in [1.29, 1.82) is 0 Å². The Morgan fingerprint density at radius 2 is 2.40 bits per heavy atom. The highest BCUT2D eigenvalue weighted by Gasteiger charge is 2.31. The van der Waals surface area contributed by atoms with E-state index in [1.165, 1.54) is 19.2 Å². The minimum atomic E-state index is -0.0548. The minimum absolute atomic E-state index is 0.0548. The van der Waals surface area contributed by atoms with Gasteiger partial charge in [-0.15, -0.1) is 0 Å². The maximum absolute atomic E-state index is 11.5. The molecule has 82 valence electrons. The van der Waals surface area contributed by atoms with Crippen LogP contribution in [-0.4, -0.2) is 27.9 Å². The molecule has 1 aromatic heterocycles. The average molecular weight is 384 g/mol. The summed E-state index contributed by atoms with van der Waals surface area (Å²) in [4.78, 5) is 20.5. The van der Waals surface area contributed by atoms with Crippen LogP contribution in [0.15, 0.2) is 11.1 Å². The number of anilines is 1. The number of aromatic nitrogens is 2. The third-order valence-corrected chi connectivity index (χ3v) is 3.69. The Labute approximate surface area is 110 Å². The predicted octanol–water partition coefficient (Wildman–Crippen LogP) is 1.74. The summed E-state index contributed by atoms with van der Waals surface area (Å²) in [5.74, 6) is 0.821. The van der Waals surface area contributed by atoms with Gasteiger partial charge in [-0.3, -0.25) is 4.79 Å². The van der Waals surface area contributed by atoms with Crippen molar-refractivity contribution in [3.8, 4) is 0 Å². The standard InChI is InChI=1S/C9H11BrIN3O/c10-3-4-14(6-1-2-6)8-7(11)9(15)13-5-12-8/h5-6H,1-4H2,(H,12,13,15). The van der Waals surface area contributed by atoms with Gasteiger partial charge in [0, 0.05) is 17.9 Å². The van der Waals surface area contributed by atoms with Crippen LogP contribution in [-0.2, 0) is 0 Å². The molecule has 0 radical (unpaired) electrons. The van der Waals surface area contributed by atoms with Crippen LogP contribution < -0.4 is 10.5 Å². The zero-order chi connectivity index (χ0) is 10.8. The summed E-state index contributed by atoms with van der Waals surface area (Å²) in [5.41, 5.74) is -0.0548. The van der Waals surface area contributed by atoms with Crippen molar-refractivity contribution >= 4 is 44.3 Å². The van der Waals surface area contributed by atoms with E-state index in [-0.39, 0.29) is 5.56 Å². The molecule has 1 fully saturated rings. The second-order valence-electron chi connectivity index (χ2n) is 3.48. The average Bonchev–Trinajstić information content (AvgIpc) is 3.03. The molecule has 0 saturated heterocycles. The first-order valence-electron chi connectivity index (χ1n) is 4.80. The lowest BCUT2D eigenvalue weighted by Crippen LogP contribution is -2.31. The van der Waals surface area contributed by atoms with Gasteiger partial charge in [0.25, 0.3) is 5.56 Å². The first-order chi connectivity index (χ1) is 7.24. The van der Waals surface area contributed by atoms with Crippen LogP contribution in [0.2, 0.25) is 0 Å². The Morgan fingerprint density at radius 3 is 3.00 bits per heavy atom. The van der Waals surface area contributed by atoms with Crippen LogP contribution >= 0.6 is 38.5 Å². The summed E-state index contributed by atoms with van der Waals surface area (Å²) in [7, 11) is 0. The van der Waals surface area contributed by atoms with E-state index in [2.05, 4.69) is 53.4 Å². The number of hydrogen-bond acceptors (Lipinski definition) is 3. The van der Waals surface area contributed by atoms with Gasteiger partial charge < -0.3 is 9.88 Å². The van der Waals surface area contributed by atoms with Crippen molar-refractivity contribution in [3.63, 3.8) is 0 Å². The van der Waals surface area contributed by atoms with E-state index >= 15 is 0 Å². The molecule has 0 spiro atoms. The smallest absolute Gasteiger partial charge is 0.266 e. The van der Waals surface area contributed by atoms with Gasteiger partial charge in [-0.2, -0.15) is 0 Å². The van der Waals surface area contributed by atoms with E-state index in [4.69, 9.17) is 0 Å². The molecule has 1 heterocycles. The molecule has 1 aromatic rings. The lowest BCUT2D eigenvalue weighted by atomic mass is 10.4. The zero-order valence-corrected chi connectivity index (χ0v) is 11.8. The molecule has 1 aliphatic carbocycles. The van der Waals surface area contributed by atoms with Crippen LogP contribution in [0, 0.1) is 3.57 Å².